The summed E-state index contributed by atoms with van der Waals surface area (Å²) in [6.45, 7) is 0.880. The minimum atomic E-state index is -0.546. The van der Waals surface area contributed by atoms with Crippen molar-refractivity contribution in [1.29, 1.82) is 0 Å². The van der Waals surface area contributed by atoms with Gasteiger partial charge in [-0.05, 0) is 30.2 Å². The smallest absolute Gasteiger partial charge is 0.315 e. The van der Waals surface area contributed by atoms with Crippen LogP contribution in [0.1, 0.15) is 12.0 Å². The van der Waals surface area contributed by atoms with E-state index in [1.807, 2.05) is 18.2 Å². The van der Waals surface area contributed by atoms with Crippen molar-refractivity contribution in [1.82, 2.24) is 15.6 Å². The van der Waals surface area contributed by atoms with Crippen molar-refractivity contribution in [2.24, 2.45) is 0 Å². The maximum atomic E-state index is 12.5. The molecule has 1 aromatic heterocycles. The molecule has 0 radical (unpaired) electrons. The minimum Gasteiger partial charge on any atom is -0.334 e. The molecule has 1 aliphatic heterocycles. The van der Waals surface area contributed by atoms with Crippen LogP contribution in [0.25, 0.3) is 0 Å². The van der Waals surface area contributed by atoms with Crippen LogP contribution < -0.4 is 15.5 Å². The number of carbonyl (C=O) groups is 2. The molecule has 2 heterocycles. The summed E-state index contributed by atoms with van der Waals surface area (Å²) in [6.07, 6.45) is 3.90. The number of urea groups is 1. The van der Waals surface area contributed by atoms with Gasteiger partial charge in [-0.25, -0.2) is 4.79 Å². The van der Waals surface area contributed by atoms with Crippen LogP contribution in [-0.2, 0) is 11.3 Å². The maximum absolute atomic E-state index is 12.5. The number of nitrogens with zero attached hydrogens (tertiary/aromatic N) is 2. The van der Waals surface area contributed by atoms with E-state index >= 15 is 0 Å². The van der Waals surface area contributed by atoms with E-state index in [1.54, 1.807) is 35.5 Å². The molecule has 0 spiro atoms. The highest BCUT2D eigenvalue weighted by Crippen LogP contribution is 2.28. The van der Waals surface area contributed by atoms with E-state index in [9.17, 15) is 9.59 Å². The molecule has 124 valence electrons. The summed E-state index contributed by atoms with van der Waals surface area (Å²) in [7, 11) is 0. The molecule has 1 aliphatic rings. The first-order valence-electron chi connectivity index (χ1n) is 7.64. The lowest BCUT2D eigenvalue weighted by Crippen LogP contribution is -2.46. The molecule has 0 saturated carbocycles. The molecule has 0 unspecified atom stereocenters. The molecule has 3 amide bonds. The Labute approximate surface area is 144 Å². The highest BCUT2D eigenvalue weighted by molar-refractivity contribution is 6.34. The van der Waals surface area contributed by atoms with Gasteiger partial charge in [0.25, 0.3) is 0 Å². The number of hydrogen-bond donors (Lipinski definition) is 2. The Kier molecular flexibility index (Phi) is 4.96. The van der Waals surface area contributed by atoms with Crippen LogP contribution in [-0.4, -0.2) is 29.5 Å². The number of hydrogen-bond acceptors (Lipinski definition) is 3. The summed E-state index contributed by atoms with van der Waals surface area (Å²) in [5, 5.41) is 5.96. The van der Waals surface area contributed by atoms with Crippen LogP contribution in [0, 0.1) is 0 Å². The summed E-state index contributed by atoms with van der Waals surface area (Å²) < 4.78 is 0. The monoisotopic (exact) mass is 344 g/mol. The average molecular weight is 345 g/mol. The Morgan fingerprint density at radius 3 is 2.88 bits per heavy atom. The summed E-state index contributed by atoms with van der Waals surface area (Å²) >= 11 is 6.14. The van der Waals surface area contributed by atoms with E-state index in [4.69, 9.17) is 11.6 Å². The molecule has 3 rings (SSSR count). The van der Waals surface area contributed by atoms with Gasteiger partial charge in [-0.15, -0.1) is 0 Å². The number of anilines is 1. The van der Waals surface area contributed by atoms with Crippen LogP contribution in [0.15, 0.2) is 48.8 Å². The highest BCUT2D eigenvalue weighted by Gasteiger charge is 2.34. The fourth-order valence-corrected chi connectivity index (χ4v) is 2.86. The second-order valence-corrected chi connectivity index (χ2v) is 5.88. The Hall–Kier alpha value is -2.60. The first kappa shape index (κ1) is 16.3. The van der Waals surface area contributed by atoms with Gasteiger partial charge in [0.1, 0.15) is 6.04 Å². The fraction of sp³-hybridized carbons (Fsp3) is 0.235. The SMILES string of the molecule is O=C(NCc1cccnc1)N[C@@H]1CCN(c2ccccc2Cl)C1=O. The third kappa shape index (κ3) is 3.65. The summed E-state index contributed by atoms with van der Waals surface area (Å²) in [6, 6.07) is 9.93. The average Bonchev–Trinajstić information content (AvgIpc) is 2.95. The lowest BCUT2D eigenvalue weighted by molar-refractivity contribution is -0.118. The fourth-order valence-electron chi connectivity index (χ4n) is 2.62. The van der Waals surface area contributed by atoms with Crippen molar-refractivity contribution in [2.45, 2.75) is 19.0 Å². The molecule has 0 bridgehead atoms. The van der Waals surface area contributed by atoms with E-state index in [-0.39, 0.29) is 11.9 Å². The number of carbonyl (C=O) groups excluding carboxylic acids is 2. The quantitative estimate of drug-likeness (QED) is 0.894. The summed E-state index contributed by atoms with van der Waals surface area (Å²) in [4.78, 5) is 30.1. The molecule has 2 N–H and O–H groups in total. The number of pyridine rings is 1. The van der Waals surface area contributed by atoms with Gasteiger partial charge < -0.3 is 15.5 Å². The molecule has 6 nitrogen and oxygen atoms in total. The molecule has 24 heavy (non-hydrogen) atoms. The van der Waals surface area contributed by atoms with Crippen molar-refractivity contribution in [3.63, 3.8) is 0 Å². The van der Waals surface area contributed by atoms with E-state index < -0.39 is 6.04 Å². The van der Waals surface area contributed by atoms with Gasteiger partial charge in [0.2, 0.25) is 5.91 Å². The number of nitrogens with one attached hydrogen (secondary N) is 2. The highest BCUT2D eigenvalue weighted by atomic mass is 35.5. The molecule has 1 fully saturated rings. The first-order valence-corrected chi connectivity index (χ1v) is 8.02. The van der Waals surface area contributed by atoms with Gasteiger partial charge in [-0.3, -0.25) is 9.78 Å². The van der Waals surface area contributed by atoms with Crippen LogP contribution >= 0.6 is 11.6 Å². The summed E-state index contributed by atoms with van der Waals surface area (Å²) in [5.41, 5.74) is 1.56. The predicted octanol–water partition coefficient (Wildman–Crippen LogP) is 2.34. The topological polar surface area (TPSA) is 74.3 Å². The van der Waals surface area contributed by atoms with Crippen molar-refractivity contribution >= 4 is 29.2 Å². The Balaban J connectivity index is 1.56. The van der Waals surface area contributed by atoms with Crippen molar-refractivity contribution in [3.05, 3.63) is 59.4 Å². The van der Waals surface area contributed by atoms with E-state index in [0.717, 1.165) is 5.56 Å². The second kappa shape index (κ2) is 7.31. The standard InChI is InChI=1S/C17H17ClN4O2/c18-13-5-1-2-6-15(13)22-9-7-14(16(22)23)21-17(24)20-11-12-4-3-8-19-10-12/h1-6,8,10,14H,7,9,11H2,(H2,20,21,24)/t14-/m1/s1. The molecular formula is C17H17ClN4O2. The van der Waals surface area contributed by atoms with E-state index in [1.165, 1.54) is 0 Å². The third-order valence-corrected chi connectivity index (χ3v) is 4.15. The van der Waals surface area contributed by atoms with Crippen molar-refractivity contribution in [2.75, 3.05) is 11.4 Å². The number of rotatable bonds is 4. The molecular weight excluding hydrogens is 328 g/mol. The zero-order valence-electron chi connectivity index (χ0n) is 12.9. The number of aromatic nitrogens is 1. The van der Waals surface area contributed by atoms with Crippen LogP contribution in [0.4, 0.5) is 10.5 Å². The van der Waals surface area contributed by atoms with Gasteiger partial charge in [0.15, 0.2) is 0 Å². The number of halogens is 1. The normalized spacial score (nSPS) is 17.0. The number of para-hydroxylation sites is 1. The lowest BCUT2D eigenvalue weighted by atomic mass is 10.2. The second-order valence-electron chi connectivity index (χ2n) is 5.47. The largest absolute Gasteiger partial charge is 0.334 e. The Bertz CT molecular complexity index is 738. The first-order chi connectivity index (χ1) is 11.6. The molecule has 1 atom stereocenters. The van der Waals surface area contributed by atoms with Crippen LogP contribution in [0.2, 0.25) is 5.02 Å². The zero-order valence-corrected chi connectivity index (χ0v) is 13.7. The van der Waals surface area contributed by atoms with Gasteiger partial charge in [0.05, 0.1) is 10.7 Å². The molecule has 7 heteroatoms. The summed E-state index contributed by atoms with van der Waals surface area (Å²) in [5.74, 6) is -0.153. The van der Waals surface area contributed by atoms with Gasteiger partial charge >= 0.3 is 6.03 Å². The van der Waals surface area contributed by atoms with E-state index in [2.05, 4.69) is 15.6 Å². The molecule has 2 aromatic rings. The molecule has 1 saturated heterocycles. The maximum Gasteiger partial charge on any atom is 0.315 e. The van der Waals surface area contributed by atoms with Gasteiger partial charge in [-0.2, -0.15) is 0 Å². The van der Waals surface area contributed by atoms with Crippen molar-refractivity contribution in [3.8, 4) is 0 Å². The van der Waals surface area contributed by atoms with Crippen LogP contribution in [0.3, 0.4) is 0 Å². The number of amides is 3. The predicted molar refractivity (Wildman–Crippen MR) is 91.8 cm³/mol. The Morgan fingerprint density at radius 2 is 2.12 bits per heavy atom. The zero-order chi connectivity index (χ0) is 16.9. The van der Waals surface area contributed by atoms with Gasteiger partial charge in [-0.1, -0.05) is 29.8 Å². The van der Waals surface area contributed by atoms with E-state index in [0.29, 0.717) is 30.2 Å². The minimum absolute atomic E-state index is 0.153. The van der Waals surface area contributed by atoms with Crippen molar-refractivity contribution < 1.29 is 9.59 Å². The van der Waals surface area contributed by atoms with Crippen LogP contribution in [0.5, 0.6) is 0 Å². The molecule has 0 aliphatic carbocycles. The van der Waals surface area contributed by atoms with Gasteiger partial charge in [0, 0.05) is 25.5 Å². The Morgan fingerprint density at radius 1 is 1.29 bits per heavy atom. The number of benzene rings is 1. The molecule has 1 aromatic carbocycles. The third-order valence-electron chi connectivity index (χ3n) is 3.83. The lowest BCUT2D eigenvalue weighted by Gasteiger charge is -2.18.